The minimum atomic E-state index is -0.523. The molecule has 3 heterocycles. The van der Waals surface area contributed by atoms with E-state index in [1.165, 1.54) is 24.0 Å². The number of hydrogen-bond acceptors (Lipinski definition) is 5. The second kappa shape index (κ2) is 7.32. The number of anilines is 1. The first-order valence-electron chi connectivity index (χ1n) is 7.52. The summed E-state index contributed by atoms with van der Waals surface area (Å²) in [5.41, 5.74) is 8.66. The Hall–Kier alpha value is -2.91. The lowest BCUT2D eigenvalue weighted by atomic mass is 10.2. The van der Waals surface area contributed by atoms with Gasteiger partial charge in [0.2, 0.25) is 5.95 Å². The fraction of sp³-hybridized carbons (Fsp3) is 0.105. The Morgan fingerprint density at radius 2 is 2.16 bits per heavy atom. The van der Waals surface area contributed by atoms with Crippen molar-refractivity contribution in [2.45, 2.75) is 12.2 Å². The van der Waals surface area contributed by atoms with E-state index in [-0.39, 0.29) is 5.25 Å². The Morgan fingerprint density at radius 3 is 2.80 bits per heavy atom. The summed E-state index contributed by atoms with van der Waals surface area (Å²) in [6, 6.07) is 6.61. The van der Waals surface area contributed by atoms with E-state index >= 15 is 0 Å². The number of aliphatic imine (C=N–C) groups is 1. The van der Waals surface area contributed by atoms with E-state index in [1.807, 2.05) is 19.1 Å². The van der Waals surface area contributed by atoms with Gasteiger partial charge in [0.1, 0.15) is 10.9 Å². The molecule has 3 rings (SSSR count). The monoisotopic (exact) mass is 350 g/mol. The fourth-order valence-electron chi connectivity index (χ4n) is 2.17. The lowest BCUT2D eigenvalue weighted by Gasteiger charge is -2.16. The summed E-state index contributed by atoms with van der Waals surface area (Å²) in [7, 11) is 0. The zero-order valence-electron chi connectivity index (χ0n) is 13.5. The summed E-state index contributed by atoms with van der Waals surface area (Å²) < 4.78 is 13.0. The minimum absolute atomic E-state index is 0.0956. The highest BCUT2D eigenvalue weighted by Gasteiger charge is 2.19. The van der Waals surface area contributed by atoms with Gasteiger partial charge < -0.3 is 5.73 Å². The maximum atomic E-state index is 13.0. The van der Waals surface area contributed by atoms with Crippen LogP contribution in [0.1, 0.15) is 23.3 Å². The molecule has 0 saturated heterocycles. The highest BCUT2D eigenvalue weighted by molar-refractivity contribution is 8.14. The van der Waals surface area contributed by atoms with E-state index in [1.54, 1.807) is 18.3 Å². The van der Waals surface area contributed by atoms with Crippen LogP contribution in [0.5, 0.6) is 0 Å². The Kier molecular flexibility index (Phi) is 4.96. The van der Waals surface area contributed by atoms with Gasteiger partial charge in [0.05, 0.1) is 10.9 Å². The molecule has 1 atom stereocenters. The van der Waals surface area contributed by atoms with E-state index < -0.39 is 5.95 Å². The molecule has 0 amide bonds. The van der Waals surface area contributed by atoms with Gasteiger partial charge in [-0.25, -0.2) is 15.0 Å². The molecule has 0 aromatic carbocycles. The van der Waals surface area contributed by atoms with Crippen LogP contribution in [0.3, 0.4) is 0 Å². The van der Waals surface area contributed by atoms with Crippen LogP contribution in [-0.2, 0) is 0 Å². The first kappa shape index (κ1) is 16.9. The summed E-state index contributed by atoms with van der Waals surface area (Å²) in [5, 5.41) is 0.625. The molecule has 2 aromatic rings. The van der Waals surface area contributed by atoms with Crippen LogP contribution in [0, 0.1) is 17.8 Å². The lowest BCUT2D eigenvalue weighted by molar-refractivity contribution is 0.583. The molecule has 0 bridgehead atoms. The van der Waals surface area contributed by atoms with Crippen molar-refractivity contribution >= 4 is 28.3 Å². The molecule has 1 aliphatic heterocycles. The fourth-order valence-corrected chi connectivity index (χ4v) is 3.13. The SMILES string of the molecule is C=C1C#CC(c2ccc(N)nc2)SC1=N/C(=C\C)c1ccc(F)nc1. The van der Waals surface area contributed by atoms with Gasteiger partial charge in [0.25, 0.3) is 0 Å². The third-order valence-corrected chi connectivity index (χ3v) is 4.66. The van der Waals surface area contributed by atoms with Crippen LogP contribution in [0.25, 0.3) is 5.70 Å². The predicted molar refractivity (Wildman–Crippen MR) is 101 cm³/mol. The molecule has 0 aliphatic carbocycles. The predicted octanol–water partition coefficient (Wildman–Crippen LogP) is 4.00. The van der Waals surface area contributed by atoms with E-state index in [2.05, 4.69) is 33.4 Å². The number of allylic oxidation sites excluding steroid dienone is 1. The third-order valence-electron chi connectivity index (χ3n) is 3.47. The summed E-state index contributed by atoms with van der Waals surface area (Å²) >= 11 is 1.50. The highest BCUT2D eigenvalue weighted by Crippen LogP contribution is 2.35. The van der Waals surface area contributed by atoms with Crippen molar-refractivity contribution in [2.24, 2.45) is 4.99 Å². The quantitative estimate of drug-likeness (QED) is 0.671. The standard InChI is InChI=1S/C19H15FN4S/c1-3-15(13-5-8-17(20)22-10-13)24-19-12(2)4-7-16(25-19)14-6-9-18(21)23-11-14/h3,5-6,8-11,16H,2H2,1H3,(H2,21,23)/b15-3-,24-19?. The Bertz CT molecular complexity index is 919. The molecule has 0 fully saturated rings. The number of nitrogens with two attached hydrogens (primary N) is 1. The molecule has 0 radical (unpaired) electrons. The number of aromatic nitrogens is 2. The summed E-state index contributed by atoms with van der Waals surface area (Å²) in [5.74, 6) is 6.12. The van der Waals surface area contributed by atoms with Crippen molar-refractivity contribution in [1.29, 1.82) is 0 Å². The van der Waals surface area contributed by atoms with Crippen LogP contribution >= 0.6 is 11.8 Å². The van der Waals surface area contributed by atoms with Crippen LogP contribution < -0.4 is 5.73 Å². The molecular weight excluding hydrogens is 335 g/mol. The maximum Gasteiger partial charge on any atom is 0.212 e. The minimum Gasteiger partial charge on any atom is -0.384 e. The zero-order chi connectivity index (χ0) is 17.8. The molecule has 1 aliphatic rings. The molecule has 2 N–H and O–H groups in total. The first-order valence-corrected chi connectivity index (χ1v) is 8.40. The average molecular weight is 350 g/mol. The molecule has 1 unspecified atom stereocenters. The van der Waals surface area contributed by atoms with Crippen molar-refractivity contribution < 1.29 is 4.39 Å². The first-order chi connectivity index (χ1) is 12.1. The smallest absolute Gasteiger partial charge is 0.212 e. The van der Waals surface area contributed by atoms with Gasteiger partial charge in [-0.2, -0.15) is 4.39 Å². The Labute approximate surface area is 149 Å². The zero-order valence-corrected chi connectivity index (χ0v) is 14.3. The molecule has 0 spiro atoms. The van der Waals surface area contributed by atoms with Crippen LogP contribution in [0.15, 0.2) is 59.9 Å². The average Bonchev–Trinajstić information content (AvgIpc) is 2.63. The Balaban J connectivity index is 1.89. The van der Waals surface area contributed by atoms with Crippen molar-refractivity contribution in [1.82, 2.24) is 9.97 Å². The molecule has 25 heavy (non-hydrogen) atoms. The largest absolute Gasteiger partial charge is 0.384 e. The molecule has 0 saturated carbocycles. The molecular formula is C19H15FN4S. The number of halogens is 1. The molecule has 4 nitrogen and oxygen atoms in total. The van der Waals surface area contributed by atoms with Crippen LogP contribution in [0.2, 0.25) is 0 Å². The van der Waals surface area contributed by atoms with Gasteiger partial charge in [-0.1, -0.05) is 42.3 Å². The maximum absolute atomic E-state index is 13.0. The number of pyridine rings is 2. The van der Waals surface area contributed by atoms with Gasteiger partial charge in [-0.05, 0) is 30.7 Å². The van der Waals surface area contributed by atoms with Crippen LogP contribution in [-0.4, -0.2) is 15.0 Å². The highest BCUT2D eigenvalue weighted by atomic mass is 32.2. The van der Waals surface area contributed by atoms with Gasteiger partial charge in [-0.3, -0.25) is 0 Å². The Morgan fingerprint density at radius 1 is 1.32 bits per heavy atom. The number of thioether (sulfide) groups is 1. The van der Waals surface area contributed by atoms with Crippen molar-refractivity contribution in [3.05, 3.63) is 72.0 Å². The molecule has 2 aromatic heterocycles. The van der Waals surface area contributed by atoms with Crippen LogP contribution in [0.4, 0.5) is 10.2 Å². The summed E-state index contributed by atoms with van der Waals surface area (Å²) in [4.78, 5) is 12.4. The van der Waals surface area contributed by atoms with Crippen molar-refractivity contribution in [3.8, 4) is 11.8 Å². The van der Waals surface area contributed by atoms with Crippen molar-refractivity contribution in [3.63, 3.8) is 0 Å². The van der Waals surface area contributed by atoms with Gasteiger partial charge in [0, 0.05) is 23.5 Å². The summed E-state index contributed by atoms with van der Waals surface area (Å²) in [6.07, 6.45) is 5.02. The normalized spacial score (nSPS) is 18.8. The van der Waals surface area contributed by atoms with E-state index in [0.29, 0.717) is 17.1 Å². The van der Waals surface area contributed by atoms with Crippen molar-refractivity contribution in [2.75, 3.05) is 5.73 Å². The van der Waals surface area contributed by atoms with E-state index in [4.69, 9.17) is 5.73 Å². The molecule has 124 valence electrons. The lowest BCUT2D eigenvalue weighted by Crippen LogP contribution is -2.06. The number of nitrogens with zero attached hydrogens (tertiary/aromatic N) is 3. The number of nitrogen functional groups attached to an aromatic ring is 1. The van der Waals surface area contributed by atoms with Gasteiger partial charge >= 0.3 is 0 Å². The van der Waals surface area contributed by atoms with E-state index in [0.717, 1.165) is 16.2 Å². The topological polar surface area (TPSA) is 64.2 Å². The second-order valence-corrected chi connectivity index (χ2v) is 6.32. The van der Waals surface area contributed by atoms with Gasteiger partial charge in [-0.15, -0.1) is 0 Å². The number of hydrogen-bond donors (Lipinski definition) is 1. The van der Waals surface area contributed by atoms with Gasteiger partial charge in [0.15, 0.2) is 0 Å². The number of rotatable bonds is 3. The van der Waals surface area contributed by atoms with E-state index in [9.17, 15) is 4.39 Å². The third kappa shape index (κ3) is 3.95. The second-order valence-electron chi connectivity index (χ2n) is 5.22. The molecule has 6 heteroatoms. The summed E-state index contributed by atoms with van der Waals surface area (Å²) in [6.45, 7) is 5.84.